The van der Waals surface area contributed by atoms with Gasteiger partial charge < -0.3 is 10.1 Å². The van der Waals surface area contributed by atoms with E-state index >= 15 is 0 Å². The highest BCUT2D eigenvalue weighted by Crippen LogP contribution is 2.12. The lowest BCUT2D eigenvalue weighted by atomic mass is 10.1. The Morgan fingerprint density at radius 3 is 2.58 bits per heavy atom. The van der Waals surface area contributed by atoms with E-state index in [1.54, 1.807) is 0 Å². The van der Waals surface area contributed by atoms with Crippen LogP contribution in [0, 0.1) is 0 Å². The summed E-state index contributed by atoms with van der Waals surface area (Å²) in [6.45, 7) is 0.562. The van der Waals surface area contributed by atoms with Crippen LogP contribution in [-0.2, 0) is 19.4 Å². The van der Waals surface area contributed by atoms with Crippen LogP contribution in [0.4, 0.5) is 0 Å². The normalized spacial score (nSPS) is 11.0. The Balaban J connectivity index is 1.84. The molecule has 0 bridgehead atoms. The van der Waals surface area contributed by atoms with Crippen molar-refractivity contribution >= 4 is 5.52 Å². The molecule has 0 spiro atoms. The Kier molecular flexibility index (Phi) is 3.29. The van der Waals surface area contributed by atoms with Crippen LogP contribution in [0.3, 0.4) is 0 Å². The molecule has 0 aliphatic rings. The van der Waals surface area contributed by atoms with Gasteiger partial charge in [0.1, 0.15) is 5.82 Å². The zero-order valence-electron chi connectivity index (χ0n) is 10.8. The molecule has 0 saturated heterocycles. The van der Waals surface area contributed by atoms with Crippen LogP contribution in [0.1, 0.15) is 17.0 Å². The van der Waals surface area contributed by atoms with Crippen LogP contribution in [-0.4, -0.2) is 9.38 Å². The molecule has 0 unspecified atom stereocenters. The van der Waals surface area contributed by atoms with Gasteiger partial charge in [-0.3, -0.25) is 0 Å². The van der Waals surface area contributed by atoms with E-state index in [9.17, 15) is 0 Å². The molecular weight excluding hydrogens is 234 g/mol. The number of nitrogens with zero attached hydrogens (tertiary/aromatic N) is 2. The first-order valence-electron chi connectivity index (χ1n) is 6.55. The Bertz CT molecular complexity index is 671. The number of hydrogen-bond donors (Lipinski definition) is 1. The van der Waals surface area contributed by atoms with Crippen molar-refractivity contribution in [3.63, 3.8) is 0 Å². The standard InChI is InChI=1S/C16H17N3/c17-10-14-6-8-15-11-18-16(19(15)12-14)9-7-13-4-2-1-3-5-13/h1-6,8,11-12H,7,9-10,17H2. The van der Waals surface area contributed by atoms with Gasteiger partial charge in [0.15, 0.2) is 0 Å². The first kappa shape index (κ1) is 11.9. The fourth-order valence-corrected chi connectivity index (χ4v) is 2.29. The summed E-state index contributed by atoms with van der Waals surface area (Å²) < 4.78 is 2.14. The number of imidazole rings is 1. The number of benzene rings is 1. The van der Waals surface area contributed by atoms with Crippen LogP contribution in [0.15, 0.2) is 54.9 Å². The first-order valence-corrected chi connectivity index (χ1v) is 6.55. The number of rotatable bonds is 4. The Labute approximate surface area is 112 Å². The second kappa shape index (κ2) is 5.24. The maximum absolute atomic E-state index is 5.69. The Morgan fingerprint density at radius 2 is 1.79 bits per heavy atom. The largest absolute Gasteiger partial charge is 0.326 e. The second-order valence-electron chi connectivity index (χ2n) is 4.70. The predicted octanol–water partition coefficient (Wildman–Crippen LogP) is 2.58. The summed E-state index contributed by atoms with van der Waals surface area (Å²) in [5, 5.41) is 0. The topological polar surface area (TPSA) is 43.3 Å². The van der Waals surface area contributed by atoms with Gasteiger partial charge in [-0.05, 0) is 23.6 Å². The lowest BCUT2D eigenvalue weighted by Gasteiger charge is -2.04. The molecule has 96 valence electrons. The summed E-state index contributed by atoms with van der Waals surface area (Å²) >= 11 is 0. The van der Waals surface area contributed by atoms with Crippen molar-refractivity contribution in [1.29, 1.82) is 0 Å². The molecule has 3 nitrogen and oxygen atoms in total. The molecular formula is C16H17N3. The van der Waals surface area contributed by atoms with Crippen molar-refractivity contribution in [3.8, 4) is 0 Å². The third-order valence-corrected chi connectivity index (χ3v) is 3.38. The average Bonchev–Trinajstić information content (AvgIpc) is 2.88. The SMILES string of the molecule is NCc1ccc2cnc(CCc3ccccc3)n2c1. The van der Waals surface area contributed by atoms with Gasteiger partial charge in [-0.2, -0.15) is 0 Å². The minimum atomic E-state index is 0.562. The number of aromatic nitrogens is 2. The zero-order valence-corrected chi connectivity index (χ0v) is 10.8. The molecule has 1 aromatic carbocycles. The number of nitrogens with two attached hydrogens (primary N) is 1. The average molecular weight is 251 g/mol. The highest BCUT2D eigenvalue weighted by Gasteiger charge is 2.04. The molecule has 3 rings (SSSR count). The number of aryl methyl sites for hydroxylation is 2. The van der Waals surface area contributed by atoms with Crippen molar-refractivity contribution < 1.29 is 0 Å². The summed E-state index contributed by atoms with van der Waals surface area (Å²) in [5.41, 5.74) is 9.29. The molecule has 0 aliphatic carbocycles. The van der Waals surface area contributed by atoms with E-state index < -0.39 is 0 Å². The Hall–Kier alpha value is -2.13. The number of fused-ring (bicyclic) bond motifs is 1. The maximum atomic E-state index is 5.69. The number of pyridine rings is 1. The van der Waals surface area contributed by atoms with E-state index in [2.05, 4.69) is 52.0 Å². The van der Waals surface area contributed by atoms with Gasteiger partial charge in [0.2, 0.25) is 0 Å². The summed E-state index contributed by atoms with van der Waals surface area (Å²) in [6, 6.07) is 14.6. The molecule has 0 saturated carbocycles. The van der Waals surface area contributed by atoms with E-state index in [0.717, 1.165) is 29.7 Å². The lowest BCUT2D eigenvalue weighted by molar-refractivity contribution is 0.848. The van der Waals surface area contributed by atoms with E-state index in [0.29, 0.717) is 6.54 Å². The fraction of sp³-hybridized carbons (Fsp3) is 0.188. The summed E-state index contributed by atoms with van der Waals surface area (Å²) in [4.78, 5) is 4.51. The molecule has 0 atom stereocenters. The van der Waals surface area contributed by atoms with Gasteiger partial charge in [0, 0.05) is 19.2 Å². The van der Waals surface area contributed by atoms with Gasteiger partial charge in [-0.15, -0.1) is 0 Å². The van der Waals surface area contributed by atoms with Gasteiger partial charge >= 0.3 is 0 Å². The summed E-state index contributed by atoms with van der Waals surface area (Å²) in [5.74, 6) is 1.09. The van der Waals surface area contributed by atoms with E-state index in [1.165, 1.54) is 5.56 Å². The summed E-state index contributed by atoms with van der Waals surface area (Å²) in [6.07, 6.45) is 5.95. The fourth-order valence-electron chi connectivity index (χ4n) is 2.29. The number of hydrogen-bond acceptors (Lipinski definition) is 2. The van der Waals surface area contributed by atoms with E-state index in [4.69, 9.17) is 5.73 Å². The van der Waals surface area contributed by atoms with Crippen molar-refractivity contribution in [2.75, 3.05) is 0 Å². The molecule has 0 aliphatic heterocycles. The van der Waals surface area contributed by atoms with Gasteiger partial charge in [0.05, 0.1) is 11.7 Å². The van der Waals surface area contributed by atoms with Crippen molar-refractivity contribution in [2.45, 2.75) is 19.4 Å². The molecule has 0 radical (unpaired) electrons. The van der Waals surface area contributed by atoms with E-state index in [1.807, 2.05) is 12.3 Å². The van der Waals surface area contributed by atoms with Gasteiger partial charge in [0.25, 0.3) is 0 Å². The molecule has 3 aromatic rings. The minimum absolute atomic E-state index is 0.562. The molecule has 2 aromatic heterocycles. The molecule has 0 amide bonds. The Morgan fingerprint density at radius 1 is 0.947 bits per heavy atom. The zero-order chi connectivity index (χ0) is 13.1. The van der Waals surface area contributed by atoms with Crippen LogP contribution in [0.5, 0.6) is 0 Å². The third-order valence-electron chi connectivity index (χ3n) is 3.38. The second-order valence-corrected chi connectivity index (χ2v) is 4.70. The quantitative estimate of drug-likeness (QED) is 0.774. The summed E-state index contributed by atoms with van der Waals surface area (Å²) in [7, 11) is 0. The van der Waals surface area contributed by atoms with E-state index in [-0.39, 0.29) is 0 Å². The minimum Gasteiger partial charge on any atom is -0.326 e. The van der Waals surface area contributed by atoms with Gasteiger partial charge in [-0.25, -0.2) is 4.98 Å². The highest BCUT2D eigenvalue weighted by molar-refractivity contribution is 5.47. The monoisotopic (exact) mass is 251 g/mol. The van der Waals surface area contributed by atoms with Crippen LogP contribution < -0.4 is 5.73 Å². The third kappa shape index (κ3) is 2.51. The van der Waals surface area contributed by atoms with Crippen molar-refractivity contribution in [1.82, 2.24) is 9.38 Å². The highest BCUT2D eigenvalue weighted by atomic mass is 15.0. The van der Waals surface area contributed by atoms with Crippen molar-refractivity contribution in [2.24, 2.45) is 5.73 Å². The van der Waals surface area contributed by atoms with Gasteiger partial charge in [-0.1, -0.05) is 36.4 Å². The molecule has 2 heterocycles. The van der Waals surface area contributed by atoms with Crippen molar-refractivity contribution in [3.05, 3.63) is 71.8 Å². The molecule has 0 fully saturated rings. The smallest absolute Gasteiger partial charge is 0.113 e. The first-order chi connectivity index (χ1) is 9.36. The molecule has 2 N–H and O–H groups in total. The van der Waals surface area contributed by atoms with Crippen LogP contribution >= 0.6 is 0 Å². The maximum Gasteiger partial charge on any atom is 0.113 e. The van der Waals surface area contributed by atoms with Crippen LogP contribution in [0.2, 0.25) is 0 Å². The van der Waals surface area contributed by atoms with Crippen LogP contribution in [0.25, 0.3) is 5.52 Å². The lowest BCUT2D eigenvalue weighted by Crippen LogP contribution is -2.01. The molecule has 3 heteroatoms. The predicted molar refractivity (Wildman–Crippen MR) is 76.9 cm³/mol. The molecule has 19 heavy (non-hydrogen) atoms.